The summed E-state index contributed by atoms with van der Waals surface area (Å²) in [6.07, 6.45) is 0. The van der Waals surface area contributed by atoms with E-state index in [-0.39, 0.29) is 17.8 Å². The molecule has 0 saturated heterocycles. The highest BCUT2D eigenvalue weighted by Gasteiger charge is 2.29. The summed E-state index contributed by atoms with van der Waals surface area (Å²) in [5, 5.41) is 2.94. The molecule has 0 aromatic heterocycles. The van der Waals surface area contributed by atoms with Crippen LogP contribution in [0.15, 0.2) is 48.5 Å². The van der Waals surface area contributed by atoms with E-state index in [1.807, 2.05) is 45.0 Å². The third-order valence-corrected chi connectivity index (χ3v) is 4.09. The van der Waals surface area contributed by atoms with Crippen LogP contribution in [0, 0.1) is 5.82 Å². The van der Waals surface area contributed by atoms with Crippen LogP contribution < -0.4 is 11.1 Å². The van der Waals surface area contributed by atoms with Gasteiger partial charge >= 0.3 is 0 Å². The van der Waals surface area contributed by atoms with Gasteiger partial charge in [-0.05, 0) is 49.6 Å². The normalized spacial score (nSPS) is 12.7. The van der Waals surface area contributed by atoms with E-state index >= 15 is 0 Å². The van der Waals surface area contributed by atoms with Gasteiger partial charge in [-0.1, -0.05) is 36.4 Å². The van der Waals surface area contributed by atoms with Crippen molar-refractivity contribution in [3.63, 3.8) is 0 Å². The minimum absolute atomic E-state index is 0.00366. The smallest absolute Gasteiger partial charge is 0.230 e. The van der Waals surface area contributed by atoms with Crippen LogP contribution in [0.2, 0.25) is 0 Å². The maximum Gasteiger partial charge on any atom is 0.230 e. The Balaban J connectivity index is 2.02. The number of amides is 1. The number of rotatable bonds is 5. The first kappa shape index (κ1) is 17.2. The van der Waals surface area contributed by atoms with Crippen molar-refractivity contribution in [3.8, 4) is 0 Å². The highest BCUT2D eigenvalue weighted by atomic mass is 19.1. The summed E-state index contributed by atoms with van der Waals surface area (Å²) in [6.45, 7) is 6.04. The van der Waals surface area contributed by atoms with Gasteiger partial charge in [0.15, 0.2) is 0 Å². The van der Waals surface area contributed by atoms with Crippen molar-refractivity contribution >= 4 is 5.91 Å². The summed E-state index contributed by atoms with van der Waals surface area (Å²) in [5.74, 6) is -0.403. The predicted octanol–water partition coefficient (Wildman–Crippen LogP) is 3.44. The Bertz CT molecular complexity index is 661. The van der Waals surface area contributed by atoms with Crippen molar-refractivity contribution in [2.75, 3.05) is 0 Å². The van der Waals surface area contributed by atoms with Crippen LogP contribution in [-0.4, -0.2) is 5.91 Å². The van der Waals surface area contributed by atoms with Gasteiger partial charge in [0, 0.05) is 12.6 Å². The van der Waals surface area contributed by atoms with E-state index < -0.39 is 5.41 Å². The van der Waals surface area contributed by atoms with Gasteiger partial charge in [0.05, 0.1) is 5.41 Å². The maximum absolute atomic E-state index is 13.0. The van der Waals surface area contributed by atoms with Gasteiger partial charge < -0.3 is 11.1 Å². The van der Waals surface area contributed by atoms with Gasteiger partial charge in [0.2, 0.25) is 5.91 Å². The molecular formula is C19H23FN2O. The van der Waals surface area contributed by atoms with Crippen LogP contribution in [0.3, 0.4) is 0 Å². The number of hydrogen-bond acceptors (Lipinski definition) is 2. The van der Waals surface area contributed by atoms with Crippen LogP contribution >= 0.6 is 0 Å². The molecule has 1 amide bonds. The minimum atomic E-state index is -0.723. The molecule has 3 nitrogen and oxygen atoms in total. The van der Waals surface area contributed by atoms with Gasteiger partial charge in [-0.25, -0.2) is 4.39 Å². The predicted molar refractivity (Wildman–Crippen MR) is 90.3 cm³/mol. The number of nitrogens with one attached hydrogen (secondary N) is 1. The summed E-state index contributed by atoms with van der Waals surface area (Å²) >= 11 is 0. The highest BCUT2D eigenvalue weighted by Crippen LogP contribution is 2.23. The quantitative estimate of drug-likeness (QED) is 0.888. The van der Waals surface area contributed by atoms with Crippen LogP contribution in [0.1, 0.15) is 43.5 Å². The lowest BCUT2D eigenvalue weighted by molar-refractivity contribution is -0.125. The molecule has 3 N–H and O–H groups in total. The van der Waals surface area contributed by atoms with Crippen LogP contribution in [0.25, 0.3) is 0 Å². The van der Waals surface area contributed by atoms with Gasteiger partial charge in [-0.2, -0.15) is 0 Å². The largest absolute Gasteiger partial charge is 0.351 e. The van der Waals surface area contributed by atoms with Crippen molar-refractivity contribution in [3.05, 3.63) is 71.0 Å². The van der Waals surface area contributed by atoms with E-state index in [9.17, 15) is 9.18 Å². The number of carbonyl (C=O) groups is 1. The monoisotopic (exact) mass is 314 g/mol. The van der Waals surface area contributed by atoms with Gasteiger partial charge in [-0.15, -0.1) is 0 Å². The molecule has 0 radical (unpaired) electrons. The molecule has 1 atom stereocenters. The second kappa shape index (κ2) is 6.92. The molecule has 0 aliphatic carbocycles. The van der Waals surface area contributed by atoms with Crippen LogP contribution in [0.5, 0.6) is 0 Å². The molecule has 2 rings (SSSR count). The number of nitrogens with two attached hydrogens (primary N) is 1. The molecule has 0 fully saturated rings. The average molecular weight is 314 g/mol. The van der Waals surface area contributed by atoms with Gasteiger partial charge in [-0.3, -0.25) is 4.79 Å². The van der Waals surface area contributed by atoms with E-state index in [1.165, 1.54) is 12.1 Å². The lowest BCUT2D eigenvalue weighted by Gasteiger charge is -2.24. The zero-order valence-electron chi connectivity index (χ0n) is 13.8. The third kappa shape index (κ3) is 4.17. The first-order valence-corrected chi connectivity index (χ1v) is 7.69. The molecule has 0 bridgehead atoms. The Morgan fingerprint density at radius 3 is 2.22 bits per heavy atom. The molecule has 0 heterocycles. The number of halogens is 1. The molecule has 0 aliphatic heterocycles. The number of benzene rings is 2. The van der Waals surface area contributed by atoms with Gasteiger partial charge in [0.1, 0.15) is 5.82 Å². The van der Waals surface area contributed by atoms with Crippen molar-refractivity contribution in [2.45, 2.75) is 38.8 Å². The van der Waals surface area contributed by atoms with E-state index in [1.54, 1.807) is 12.1 Å². The molecule has 23 heavy (non-hydrogen) atoms. The third-order valence-electron chi connectivity index (χ3n) is 4.09. The summed E-state index contributed by atoms with van der Waals surface area (Å²) < 4.78 is 13.0. The molecule has 2 aromatic rings. The fourth-order valence-electron chi connectivity index (χ4n) is 2.34. The minimum Gasteiger partial charge on any atom is -0.351 e. The first-order valence-electron chi connectivity index (χ1n) is 7.69. The van der Waals surface area contributed by atoms with Crippen LogP contribution in [-0.2, 0) is 16.8 Å². The summed E-state index contributed by atoms with van der Waals surface area (Å²) in [7, 11) is 0. The van der Waals surface area contributed by atoms with E-state index in [4.69, 9.17) is 5.73 Å². The first-order chi connectivity index (χ1) is 10.8. The van der Waals surface area contributed by atoms with E-state index in [0.29, 0.717) is 6.54 Å². The molecule has 4 heteroatoms. The SMILES string of the molecule is CC(N)c1ccc(CNC(=O)C(C)(C)c2ccc(F)cc2)cc1. The standard InChI is InChI=1S/C19H23FN2O/c1-13(21)15-6-4-14(5-7-15)12-22-18(23)19(2,3)16-8-10-17(20)11-9-16/h4-11,13H,12,21H2,1-3H3,(H,22,23). The Morgan fingerprint density at radius 2 is 1.70 bits per heavy atom. The zero-order chi connectivity index (χ0) is 17.0. The second-order valence-electron chi connectivity index (χ2n) is 6.34. The Labute approximate surface area is 136 Å². The highest BCUT2D eigenvalue weighted by molar-refractivity contribution is 5.87. The van der Waals surface area contributed by atoms with E-state index in [0.717, 1.165) is 16.7 Å². The van der Waals surface area contributed by atoms with Crippen molar-refractivity contribution in [1.29, 1.82) is 0 Å². The Morgan fingerprint density at radius 1 is 1.13 bits per heavy atom. The molecular weight excluding hydrogens is 291 g/mol. The van der Waals surface area contributed by atoms with Crippen LogP contribution in [0.4, 0.5) is 4.39 Å². The summed E-state index contributed by atoms with van der Waals surface area (Å²) in [4.78, 5) is 12.5. The van der Waals surface area contributed by atoms with E-state index in [2.05, 4.69) is 5.32 Å². The second-order valence-corrected chi connectivity index (χ2v) is 6.34. The van der Waals surface area contributed by atoms with Crippen molar-refractivity contribution in [2.24, 2.45) is 5.73 Å². The topological polar surface area (TPSA) is 55.1 Å². The maximum atomic E-state index is 13.0. The van der Waals surface area contributed by atoms with Crippen molar-refractivity contribution in [1.82, 2.24) is 5.32 Å². The Kier molecular flexibility index (Phi) is 5.16. The fourth-order valence-corrected chi connectivity index (χ4v) is 2.34. The average Bonchev–Trinajstić information content (AvgIpc) is 2.53. The molecule has 0 saturated carbocycles. The summed E-state index contributed by atoms with van der Waals surface area (Å²) in [5.41, 5.74) is 7.95. The van der Waals surface area contributed by atoms with Crippen molar-refractivity contribution < 1.29 is 9.18 Å². The fraction of sp³-hybridized carbons (Fsp3) is 0.316. The molecule has 1 unspecified atom stereocenters. The summed E-state index contributed by atoms with van der Waals surface area (Å²) in [6, 6.07) is 13.9. The lowest BCUT2D eigenvalue weighted by atomic mass is 9.83. The molecule has 0 spiro atoms. The number of carbonyl (C=O) groups excluding carboxylic acids is 1. The zero-order valence-corrected chi connectivity index (χ0v) is 13.8. The molecule has 0 aliphatic rings. The lowest BCUT2D eigenvalue weighted by Crippen LogP contribution is -2.39. The molecule has 122 valence electrons. The van der Waals surface area contributed by atoms with Gasteiger partial charge in [0.25, 0.3) is 0 Å². The Hall–Kier alpha value is -2.20. The number of hydrogen-bond donors (Lipinski definition) is 2. The molecule has 2 aromatic carbocycles.